The van der Waals surface area contributed by atoms with E-state index in [9.17, 15) is 14.4 Å². The van der Waals surface area contributed by atoms with E-state index in [2.05, 4.69) is 10.6 Å². The van der Waals surface area contributed by atoms with Gasteiger partial charge in [-0.25, -0.2) is 4.79 Å². The molecule has 144 valence electrons. The molecule has 0 spiro atoms. The van der Waals surface area contributed by atoms with Gasteiger partial charge >= 0.3 is 6.03 Å². The van der Waals surface area contributed by atoms with Gasteiger partial charge in [0.15, 0.2) is 0 Å². The highest BCUT2D eigenvalue weighted by Crippen LogP contribution is 2.19. The molecule has 0 aliphatic carbocycles. The summed E-state index contributed by atoms with van der Waals surface area (Å²) in [5.74, 6) is -0.297. The molecule has 0 saturated carbocycles. The first-order valence-electron chi connectivity index (χ1n) is 9.37. The molecule has 0 unspecified atom stereocenters. The van der Waals surface area contributed by atoms with E-state index in [-0.39, 0.29) is 24.4 Å². The number of urea groups is 1. The molecule has 2 N–H and O–H groups in total. The van der Waals surface area contributed by atoms with Crippen molar-refractivity contribution in [2.24, 2.45) is 0 Å². The number of anilines is 1. The van der Waals surface area contributed by atoms with Crippen molar-refractivity contribution in [1.82, 2.24) is 15.1 Å². The maximum atomic E-state index is 12.9. The zero-order valence-electron chi connectivity index (χ0n) is 15.4. The highest BCUT2D eigenvalue weighted by molar-refractivity contribution is 5.98. The summed E-state index contributed by atoms with van der Waals surface area (Å²) < 4.78 is 0. The lowest BCUT2D eigenvalue weighted by molar-refractivity contribution is -0.152. The number of fused-ring (bicyclic) bond motifs is 1. The van der Waals surface area contributed by atoms with Gasteiger partial charge in [0.2, 0.25) is 11.8 Å². The Morgan fingerprint density at radius 1 is 1.00 bits per heavy atom. The zero-order valence-corrected chi connectivity index (χ0v) is 15.4. The molecule has 0 aromatic heterocycles. The Balaban J connectivity index is 1.41. The van der Waals surface area contributed by atoms with E-state index in [1.165, 1.54) is 0 Å². The van der Waals surface area contributed by atoms with Gasteiger partial charge in [0.1, 0.15) is 12.1 Å². The van der Waals surface area contributed by atoms with E-state index in [0.717, 1.165) is 5.56 Å². The second-order valence-corrected chi connectivity index (χ2v) is 7.04. The van der Waals surface area contributed by atoms with Crippen LogP contribution in [0.2, 0.25) is 0 Å². The van der Waals surface area contributed by atoms with Gasteiger partial charge in [-0.1, -0.05) is 48.5 Å². The Bertz CT molecular complexity index is 872. The van der Waals surface area contributed by atoms with Crippen molar-refractivity contribution in [2.75, 3.05) is 25.0 Å². The summed E-state index contributed by atoms with van der Waals surface area (Å²) in [7, 11) is 0. The molecule has 2 heterocycles. The van der Waals surface area contributed by atoms with Crippen LogP contribution in [0.4, 0.5) is 10.5 Å². The smallest absolute Gasteiger partial charge is 0.321 e. The third kappa shape index (κ3) is 3.69. The molecular formula is C21H22N4O3. The molecule has 2 aliphatic rings. The number of rotatable bonds is 3. The Kier molecular flexibility index (Phi) is 4.97. The summed E-state index contributed by atoms with van der Waals surface area (Å²) in [6.45, 7) is 0.935. The van der Waals surface area contributed by atoms with Crippen molar-refractivity contribution >= 4 is 23.5 Å². The number of nitrogens with zero attached hydrogens (tertiary/aromatic N) is 2. The number of carbonyl (C=O) groups excluding carboxylic acids is 3. The quantitative estimate of drug-likeness (QED) is 0.849. The average Bonchev–Trinajstić information content (AvgIpc) is 2.73. The minimum Gasteiger partial charge on any atom is -0.342 e. The summed E-state index contributed by atoms with van der Waals surface area (Å²) in [5, 5.41) is 5.66. The van der Waals surface area contributed by atoms with Crippen LogP contribution in [0.1, 0.15) is 5.56 Å². The zero-order chi connectivity index (χ0) is 19.5. The molecule has 28 heavy (non-hydrogen) atoms. The normalized spacial score (nSPS) is 21.7. The first-order valence-corrected chi connectivity index (χ1v) is 9.37. The van der Waals surface area contributed by atoms with Gasteiger partial charge < -0.3 is 20.4 Å². The lowest BCUT2D eigenvalue weighted by atomic mass is 9.99. The van der Waals surface area contributed by atoms with Gasteiger partial charge in [0.25, 0.3) is 0 Å². The maximum absolute atomic E-state index is 12.9. The summed E-state index contributed by atoms with van der Waals surface area (Å²) in [6.07, 6.45) is 0.465. The SMILES string of the molecule is O=C1N[C@@H](Cc2ccccc2)C(=O)N2CCN(C(=O)Nc3ccccc3)C[C@H]12. The topological polar surface area (TPSA) is 81.8 Å². The van der Waals surface area contributed by atoms with Crippen LogP contribution in [0.3, 0.4) is 0 Å². The summed E-state index contributed by atoms with van der Waals surface area (Å²) in [4.78, 5) is 41.2. The number of piperazine rings is 2. The van der Waals surface area contributed by atoms with Gasteiger partial charge in [-0.2, -0.15) is 0 Å². The van der Waals surface area contributed by atoms with E-state index >= 15 is 0 Å². The molecule has 2 saturated heterocycles. The molecule has 2 aromatic carbocycles. The van der Waals surface area contributed by atoms with E-state index in [4.69, 9.17) is 0 Å². The van der Waals surface area contributed by atoms with Crippen LogP contribution in [0.25, 0.3) is 0 Å². The maximum Gasteiger partial charge on any atom is 0.321 e. The van der Waals surface area contributed by atoms with E-state index in [0.29, 0.717) is 25.2 Å². The fourth-order valence-electron chi connectivity index (χ4n) is 3.70. The van der Waals surface area contributed by atoms with Crippen molar-refractivity contribution in [1.29, 1.82) is 0 Å². The fraction of sp³-hybridized carbons (Fsp3) is 0.286. The summed E-state index contributed by atoms with van der Waals surface area (Å²) in [5.41, 5.74) is 1.70. The number of hydrogen-bond acceptors (Lipinski definition) is 3. The minimum absolute atomic E-state index is 0.0865. The van der Waals surface area contributed by atoms with Crippen molar-refractivity contribution in [3.63, 3.8) is 0 Å². The summed E-state index contributed by atoms with van der Waals surface area (Å²) >= 11 is 0. The second-order valence-electron chi connectivity index (χ2n) is 7.04. The molecular weight excluding hydrogens is 356 g/mol. The lowest BCUT2D eigenvalue weighted by Crippen LogP contribution is -2.70. The van der Waals surface area contributed by atoms with Crippen LogP contribution in [0.5, 0.6) is 0 Å². The predicted octanol–water partition coefficient (Wildman–Crippen LogP) is 1.47. The van der Waals surface area contributed by atoms with Gasteiger partial charge in [-0.3, -0.25) is 9.59 Å². The van der Waals surface area contributed by atoms with Gasteiger partial charge in [0.05, 0.1) is 6.54 Å². The molecule has 4 rings (SSSR count). The fourth-order valence-corrected chi connectivity index (χ4v) is 3.70. The standard InChI is InChI=1S/C21H22N4O3/c26-19-18-14-24(21(28)22-16-9-5-2-6-10-16)11-12-25(18)20(27)17(23-19)13-15-7-3-1-4-8-15/h1-10,17-18H,11-14H2,(H,22,28)(H,23,26)/t17-,18+/m0/s1. The van der Waals surface area contributed by atoms with Crippen LogP contribution >= 0.6 is 0 Å². The molecule has 4 amide bonds. The molecule has 0 radical (unpaired) electrons. The lowest BCUT2D eigenvalue weighted by Gasteiger charge is -2.45. The Labute approximate surface area is 163 Å². The number of para-hydroxylation sites is 1. The minimum atomic E-state index is -0.644. The van der Waals surface area contributed by atoms with Crippen molar-refractivity contribution in [3.05, 3.63) is 66.2 Å². The summed E-state index contributed by atoms with van der Waals surface area (Å²) in [6, 6.07) is 17.3. The largest absolute Gasteiger partial charge is 0.342 e. The van der Waals surface area contributed by atoms with Gasteiger partial charge in [-0.15, -0.1) is 0 Å². The van der Waals surface area contributed by atoms with E-state index in [1.807, 2.05) is 48.5 Å². The number of amides is 4. The van der Waals surface area contributed by atoms with Crippen LogP contribution in [-0.4, -0.2) is 59.4 Å². The highest BCUT2D eigenvalue weighted by Gasteiger charge is 2.44. The third-order valence-electron chi connectivity index (χ3n) is 5.18. The van der Waals surface area contributed by atoms with Crippen molar-refractivity contribution in [3.8, 4) is 0 Å². The number of hydrogen-bond donors (Lipinski definition) is 2. The molecule has 7 heteroatoms. The first-order chi connectivity index (χ1) is 13.6. The van der Waals surface area contributed by atoms with E-state index in [1.54, 1.807) is 21.9 Å². The second kappa shape index (κ2) is 7.72. The molecule has 7 nitrogen and oxygen atoms in total. The van der Waals surface area contributed by atoms with Crippen LogP contribution in [0, 0.1) is 0 Å². The van der Waals surface area contributed by atoms with Crippen LogP contribution in [0.15, 0.2) is 60.7 Å². The van der Waals surface area contributed by atoms with E-state index < -0.39 is 12.1 Å². The number of carbonyl (C=O) groups is 3. The monoisotopic (exact) mass is 378 g/mol. The first kappa shape index (κ1) is 18.0. The molecule has 2 atom stereocenters. The predicted molar refractivity (Wildman–Crippen MR) is 105 cm³/mol. The Morgan fingerprint density at radius 3 is 2.39 bits per heavy atom. The highest BCUT2D eigenvalue weighted by atomic mass is 16.2. The molecule has 2 aromatic rings. The van der Waals surface area contributed by atoms with Crippen molar-refractivity contribution < 1.29 is 14.4 Å². The van der Waals surface area contributed by atoms with Gasteiger partial charge in [0, 0.05) is 25.2 Å². The number of benzene rings is 2. The molecule has 2 fully saturated rings. The average molecular weight is 378 g/mol. The van der Waals surface area contributed by atoms with Crippen molar-refractivity contribution in [2.45, 2.75) is 18.5 Å². The number of nitrogens with one attached hydrogen (secondary N) is 2. The van der Waals surface area contributed by atoms with Crippen LogP contribution in [-0.2, 0) is 16.0 Å². The van der Waals surface area contributed by atoms with Gasteiger partial charge in [-0.05, 0) is 17.7 Å². The van der Waals surface area contributed by atoms with Crippen LogP contribution < -0.4 is 10.6 Å². The Hall–Kier alpha value is -3.35. The molecule has 2 aliphatic heterocycles. The third-order valence-corrected chi connectivity index (χ3v) is 5.18. The Morgan fingerprint density at radius 2 is 1.68 bits per heavy atom. The molecule has 0 bridgehead atoms.